The Morgan fingerprint density at radius 3 is 2.60 bits per heavy atom. The minimum Gasteiger partial charge on any atom is -0.468 e. The van der Waals surface area contributed by atoms with Crippen molar-refractivity contribution in [3.63, 3.8) is 0 Å². The minimum atomic E-state index is -0.733. The lowest BCUT2D eigenvalue weighted by molar-refractivity contribution is -0.146. The molecule has 1 aromatic rings. The Kier molecular flexibility index (Phi) is 5.99. The van der Waals surface area contributed by atoms with E-state index in [1.54, 1.807) is 24.3 Å². The molecule has 0 amide bonds. The van der Waals surface area contributed by atoms with Crippen molar-refractivity contribution in [2.45, 2.75) is 32.9 Å². The molecule has 0 bridgehead atoms. The standard InChI is InChI=1S/C15H22ClNO3/c1-15(2,3)13(14(19)20-4)17-9-12(18)10-6-5-7-11(16)8-10/h5-8,12-13,17-18H,9H2,1-4H3. The van der Waals surface area contributed by atoms with Crippen molar-refractivity contribution in [3.05, 3.63) is 34.9 Å². The highest BCUT2D eigenvalue weighted by molar-refractivity contribution is 6.30. The first kappa shape index (κ1) is 17.0. The quantitative estimate of drug-likeness (QED) is 0.820. The summed E-state index contributed by atoms with van der Waals surface area (Å²) in [6.45, 7) is 6.06. The molecule has 1 rings (SSSR count). The lowest BCUT2D eigenvalue weighted by atomic mass is 9.86. The van der Waals surface area contributed by atoms with Crippen LogP contribution in [0, 0.1) is 5.41 Å². The van der Waals surface area contributed by atoms with Crippen molar-refractivity contribution in [2.24, 2.45) is 5.41 Å². The number of hydrogen-bond acceptors (Lipinski definition) is 4. The Balaban J connectivity index is 2.70. The second-order valence-corrected chi connectivity index (χ2v) is 6.24. The summed E-state index contributed by atoms with van der Waals surface area (Å²) in [7, 11) is 1.36. The first-order chi connectivity index (χ1) is 9.25. The van der Waals surface area contributed by atoms with Gasteiger partial charge in [0.05, 0.1) is 13.2 Å². The zero-order valence-electron chi connectivity index (χ0n) is 12.3. The Hall–Kier alpha value is -1.10. The third-order valence-corrected chi connectivity index (χ3v) is 3.29. The van der Waals surface area contributed by atoms with Gasteiger partial charge in [-0.3, -0.25) is 4.79 Å². The summed E-state index contributed by atoms with van der Waals surface area (Å²) in [5.41, 5.74) is 0.406. The zero-order valence-corrected chi connectivity index (χ0v) is 13.1. The smallest absolute Gasteiger partial charge is 0.323 e. The number of esters is 1. The number of carbonyl (C=O) groups excluding carboxylic acids is 1. The van der Waals surface area contributed by atoms with Gasteiger partial charge in [0.25, 0.3) is 0 Å². The second kappa shape index (κ2) is 7.07. The molecule has 1 aromatic carbocycles. The second-order valence-electron chi connectivity index (χ2n) is 5.80. The maximum absolute atomic E-state index is 11.8. The van der Waals surface area contributed by atoms with Gasteiger partial charge >= 0.3 is 5.97 Å². The first-order valence-electron chi connectivity index (χ1n) is 6.50. The van der Waals surface area contributed by atoms with Crippen molar-refractivity contribution >= 4 is 17.6 Å². The summed E-state index contributed by atoms with van der Waals surface area (Å²) >= 11 is 5.89. The van der Waals surface area contributed by atoms with E-state index in [1.165, 1.54) is 7.11 Å². The average molecular weight is 300 g/mol. The number of ether oxygens (including phenoxy) is 1. The summed E-state index contributed by atoms with van der Waals surface area (Å²) in [5.74, 6) is -0.337. The predicted octanol–water partition coefficient (Wildman–Crippen LogP) is 2.55. The van der Waals surface area contributed by atoms with Gasteiger partial charge in [-0.15, -0.1) is 0 Å². The highest BCUT2D eigenvalue weighted by Gasteiger charge is 2.32. The topological polar surface area (TPSA) is 58.6 Å². The van der Waals surface area contributed by atoms with Gasteiger partial charge in [0, 0.05) is 11.6 Å². The molecule has 112 valence electrons. The molecule has 0 heterocycles. The molecular weight excluding hydrogens is 278 g/mol. The van der Waals surface area contributed by atoms with Gasteiger partial charge in [0.1, 0.15) is 6.04 Å². The number of methoxy groups -OCH3 is 1. The van der Waals surface area contributed by atoms with E-state index in [4.69, 9.17) is 16.3 Å². The van der Waals surface area contributed by atoms with E-state index < -0.39 is 12.1 Å². The number of carbonyl (C=O) groups is 1. The van der Waals surface area contributed by atoms with Gasteiger partial charge in [0.15, 0.2) is 0 Å². The Bertz CT molecular complexity index is 457. The van der Waals surface area contributed by atoms with E-state index in [1.807, 2.05) is 20.8 Å². The number of halogens is 1. The van der Waals surface area contributed by atoms with E-state index in [0.29, 0.717) is 10.6 Å². The summed E-state index contributed by atoms with van der Waals surface area (Å²) in [6, 6.07) is 6.54. The highest BCUT2D eigenvalue weighted by Crippen LogP contribution is 2.22. The average Bonchev–Trinajstić information content (AvgIpc) is 2.36. The summed E-state index contributed by atoms with van der Waals surface area (Å²) < 4.78 is 4.79. The molecule has 0 aliphatic heterocycles. The fourth-order valence-corrected chi connectivity index (χ4v) is 2.12. The van der Waals surface area contributed by atoms with Gasteiger partial charge < -0.3 is 15.2 Å². The molecular formula is C15H22ClNO3. The van der Waals surface area contributed by atoms with Crippen LogP contribution in [0.25, 0.3) is 0 Å². The molecule has 0 aromatic heterocycles. The summed E-state index contributed by atoms with van der Waals surface area (Å²) in [5, 5.41) is 13.8. The third kappa shape index (κ3) is 4.78. The molecule has 2 unspecified atom stereocenters. The summed E-state index contributed by atoms with van der Waals surface area (Å²) in [6.07, 6.45) is -0.733. The van der Waals surface area contributed by atoms with Crippen LogP contribution in [0.3, 0.4) is 0 Å². The predicted molar refractivity (Wildman–Crippen MR) is 79.7 cm³/mol. The number of hydrogen-bond donors (Lipinski definition) is 2. The minimum absolute atomic E-state index is 0.247. The van der Waals surface area contributed by atoms with Crippen LogP contribution in [-0.4, -0.2) is 30.8 Å². The maximum Gasteiger partial charge on any atom is 0.323 e. The molecule has 0 radical (unpaired) electrons. The van der Waals surface area contributed by atoms with Gasteiger partial charge in [-0.1, -0.05) is 44.5 Å². The first-order valence-corrected chi connectivity index (χ1v) is 6.88. The van der Waals surface area contributed by atoms with Crippen molar-refractivity contribution < 1.29 is 14.6 Å². The Morgan fingerprint density at radius 1 is 1.45 bits per heavy atom. The van der Waals surface area contributed by atoms with Crippen LogP contribution in [0.4, 0.5) is 0 Å². The zero-order chi connectivity index (χ0) is 15.3. The normalized spacial score (nSPS) is 14.7. The monoisotopic (exact) mass is 299 g/mol. The SMILES string of the molecule is COC(=O)C(NCC(O)c1cccc(Cl)c1)C(C)(C)C. The van der Waals surface area contributed by atoms with E-state index in [0.717, 1.165) is 0 Å². The molecule has 5 heteroatoms. The molecule has 0 aliphatic carbocycles. The number of benzene rings is 1. The van der Waals surface area contributed by atoms with Crippen molar-refractivity contribution in [1.82, 2.24) is 5.32 Å². The largest absolute Gasteiger partial charge is 0.468 e. The summed E-state index contributed by atoms with van der Waals surface area (Å²) in [4.78, 5) is 11.8. The number of nitrogens with one attached hydrogen (secondary N) is 1. The van der Waals surface area contributed by atoms with Crippen LogP contribution in [0.5, 0.6) is 0 Å². The van der Waals surface area contributed by atoms with Crippen LogP contribution in [-0.2, 0) is 9.53 Å². The number of aliphatic hydroxyl groups excluding tert-OH is 1. The molecule has 20 heavy (non-hydrogen) atoms. The van der Waals surface area contributed by atoms with Gasteiger partial charge in [0.2, 0.25) is 0 Å². The lowest BCUT2D eigenvalue weighted by Crippen LogP contribution is -2.48. The molecule has 2 atom stereocenters. The molecule has 0 saturated heterocycles. The molecule has 0 saturated carbocycles. The van der Waals surface area contributed by atoms with Crippen molar-refractivity contribution in [3.8, 4) is 0 Å². The highest BCUT2D eigenvalue weighted by atomic mass is 35.5. The molecule has 2 N–H and O–H groups in total. The van der Waals surface area contributed by atoms with E-state index in [9.17, 15) is 9.90 Å². The van der Waals surface area contributed by atoms with Gasteiger partial charge in [-0.2, -0.15) is 0 Å². The molecule has 4 nitrogen and oxygen atoms in total. The van der Waals surface area contributed by atoms with E-state index >= 15 is 0 Å². The van der Waals surface area contributed by atoms with Crippen LogP contribution in [0.1, 0.15) is 32.4 Å². The van der Waals surface area contributed by atoms with Gasteiger partial charge in [-0.25, -0.2) is 0 Å². The fraction of sp³-hybridized carbons (Fsp3) is 0.533. The van der Waals surface area contributed by atoms with E-state index in [-0.39, 0.29) is 17.9 Å². The van der Waals surface area contributed by atoms with Crippen LogP contribution in [0.15, 0.2) is 24.3 Å². The Labute approximate surface area is 125 Å². The lowest BCUT2D eigenvalue weighted by Gasteiger charge is -2.30. The molecule has 0 fully saturated rings. The number of rotatable bonds is 5. The number of aliphatic hydroxyl groups is 1. The molecule has 0 aliphatic rings. The van der Waals surface area contributed by atoms with Crippen LogP contribution in [0.2, 0.25) is 5.02 Å². The van der Waals surface area contributed by atoms with Crippen LogP contribution >= 0.6 is 11.6 Å². The van der Waals surface area contributed by atoms with Crippen molar-refractivity contribution in [2.75, 3.05) is 13.7 Å². The van der Waals surface area contributed by atoms with Crippen molar-refractivity contribution in [1.29, 1.82) is 0 Å². The molecule has 0 spiro atoms. The van der Waals surface area contributed by atoms with Gasteiger partial charge in [-0.05, 0) is 23.1 Å². The fourth-order valence-electron chi connectivity index (χ4n) is 1.92. The van der Waals surface area contributed by atoms with E-state index in [2.05, 4.69) is 5.32 Å². The third-order valence-electron chi connectivity index (χ3n) is 3.05. The Morgan fingerprint density at radius 2 is 2.10 bits per heavy atom. The van der Waals surface area contributed by atoms with Crippen LogP contribution < -0.4 is 5.32 Å². The maximum atomic E-state index is 11.8.